The molecule has 12 amide bonds. The monoisotopic (exact) mass is 1510 g/mol. The average Bonchev–Trinajstić information content (AvgIpc) is 0.854. The number of carbonyl (C=O) groups is 12. The maximum atomic E-state index is 15.2. The van der Waals surface area contributed by atoms with Crippen molar-refractivity contribution in [2.75, 3.05) is 42.6 Å². The van der Waals surface area contributed by atoms with Gasteiger partial charge in [-0.05, 0) is 86.0 Å². The SMILES string of the molecule is CC(C)C[C@H](N)C(=O)N[C@H]1CSSC[C@@H](C(=O)N[C@H](C(N)=O)C(C)C)NC(=O)[C@H](C(C)C)NC(=O)[C@@H]2CSSC[C@H](NC(=O)[C@H](Cc3ccc(O)cc3)NC1=O)C(=O)N[C@@H](CCCN=C(N)N)C(=O)N[C@@H](CCCN=C(N)N)C(=O)N[C@@H](CCCN=C(N)N)C(=O)N[C@@H](Cc1ccccc1)C(=O)N2. The molecule has 2 aromatic rings. The van der Waals surface area contributed by atoms with E-state index in [0.29, 0.717) is 11.1 Å². The summed E-state index contributed by atoms with van der Waals surface area (Å²) >= 11 is 0. The lowest BCUT2D eigenvalue weighted by molar-refractivity contribution is -0.136. The van der Waals surface area contributed by atoms with Crippen LogP contribution in [0.15, 0.2) is 69.6 Å². The number of phenolic OH excluding ortho intramolecular Hbond substituents is 1. The van der Waals surface area contributed by atoms with Gasteiger partial charge in [-0.1, -0.05) is 127 Å². The first-order chi connectivity index (χ1) is 48.7. The Morgan fingerprint density at radius 2 is 0.903 bits per heavy atom. The Bertz CT molecular complexity index is 3290. The van der Waals surface area contributed by atoms with Crippen molar-refractivity contribution < 1.29 is 62.6 Å². The maximum Gasteiger partial charge on any atom is 0.244 e. The van der Waals surface area contributed by atoms with E-state index in [1.54, 1.807) is 58.0 Å². The summed E-state index contributed by atoms with van der Waals surface area (Å²) in [6.45, 7) is 10.0. The van der Waals surface area contributed by atoms with Gasteiger partial charge >= 0.3 is 0 Å². The standard InChI is InChI=1S/C64H102N22O13S4/c1-32(2)25-38(65)51(89)81-44-28-100-103-31-47(59(97)85-48(33(3)4)50(66)88)84-61(99)49(34(5)6)86-60(98)46-30-102-101-29-45(82-56(94)43(80-58(44)96)27-36-18-20-37(87)21-19-36)57(95)78-40(16-11-23-74-63(69)70)53(91)76-39(15-10-22-73-62(67)68)52(90)77-41(17-12-24-75-64(71)72)54(92)79-42(55(93)83-46)26-35-13-8-7-9-14-35/h7-9,13-14,18-21,32-34,38-49,87H,10-12,15-17,22-31,65H2,1-6H3,(H2,66,88)(H,76,91)(H,77,90)(H,78,95)(H,79,92)(H,80,96)(H,81,89)(H,82,94)(H,83,93)(H,84,99)(H,85,97)(H,86,98)(H4,67,68,73)(H4,69,70,74)(H4,71,72,75)/t38-,39-,40-,41-,42-,43-,44-,45-,46-,47-,48-,49-/m0/s1. The fraction of sp³-hybridized carbons (Fsp3) is 0.578. The van der Waals surface area contributed by atoms with Crippen molar-refractivity contribution in [3.63, 3.8) is 0 Å². The van der Waals surface area contributed by atoms with Crippen LogP contribution in [0.25, 0.3) is 0 Å². The molecule has 2 saturated heterocycles. The largest absolute Gasteiger partial charge is 0.508 e. The molecule has 39 heteroatoms. The molecular formula is C64H102N22O13S4. The first kappa shape index (κ1) is 86.5. The van der Waals surface area contributed by atoms with Gasteiger partial charge < -0.3 is 109 Å². The quantitative estimate of drug-likeness (QED) is 0.0193. The zero-order chi connectivity index (χ0) is 76.5. The highest BCUT2D eigenvalue weighted by Gasteiger charge is 2.39. The third-order valence-electron chi connectivity index (χ3n) is 15.9. The normalized spacial score (nSPS) is 23.4. The number of amides is 12. The fourth-order valence-electron chi connectivity index (χ4n) is 10.3. The lowest BCUT2D eigenvalue weighted by atomic mass is 10.0. The molecule has 0 aliphatic carbocycles. The molecule has 0 radical (unpaired) electrons. The van der Waals surface area contributed by atoms with Gasteiger partial charge in [0.05, 0.1) is 6.04 Å². The Morgan fingerprint density at radius 1 is 0.495 bits per heavy atom. The van der Waals surface area contributed by atoms with Gasteiger partial charge in [0.25, 0.3) is 0 Å². The molecule has 0 aromatic heterocycles. The zero-order valence-corrected chi connectivity index (χ0v) is 61.9. The van der Waals surface area contributed by atoms with Gasteiger partial charge in [0.1, 0.15) is 72.2 Å². The Morgan fingerprint density at radius 3 is 1.34 bits per heavy atom. The number of primary amides is 1. The molecule has 2 bridgehead atoms. The van der Waals surface area contributed by atoms with Crippen LogP contribution in [0.5, 0.6) is 5.75 Å². The van der Waals surface area contributed by atoms with Crippen LogP contribution in [0.1, 0.15) is 97.6 Å². The van der Waals surface area contributed by atoms with E-state index in [1.807, 2.05) is 13.8 Å². The van der Waals surface area contributed by atoms with E-state index in [-0.39, 0.29) is 124 Å². The highest BCUT2D eigenvalue weighted by Crippen LogP contribution is 2.26. The molecule has 4 rings (SSSR count). The molecule has 103 heavy (non-hydrogen) atoms. The van der Waals surface area contributed by atoms with Gasteiger partial charge in [0.15, 0.2) is 17.9 Å². The number of phenols is 1. The molecule has 12 atom stereocenters. The molecule has 2 aliphatic heterocycles. The minimum atomic E-state index is -1.65. The van der Waals surface area contributed by atoms with Crippen LogP contribution < -0.4 is 104 Å². The van der Waals surface area contributed by atoms with Crippen molar-refractivity contribution >= 4 is 132 Å². The van der Waals surface area contributed by atoms with E-state index in [1.165, 1.54) is 24.3 Å². The van der Waals surface area contributed by atoms with Crippen LogP contribution in [0.2, 0.25) is 0 Å². The number of aromatic hydroxyl groups is 1. The third-order valence-corrected chi connectivity index (χ3v) is 20.7. The number of hydrogen-bond acceptors (Lipinski definition) is 21. The first-order valence-corrected chi connectivity index (χ1v) is 38.6. The van der Waals surface area contributed by atoms with Crippen LogP contribution in [0.4, 0.5) is 0 Å². The molecule has 2 fully saturated rings. The lowest BCUT2D eigenvalue weighted by Gasteiger charge is -2.30. The number of fused-ring (bicyclic) bond motifs is 5. The number of guanidine groups is 3. The van der Waals surface area contributed by atoms with Crippen LogP contribution >= 0.6 is 43.2 Å². The summed E-state index contributed by atoms with van der Waals surface area (Å²) in [6.07, 6.45) is -0.664. The summed E-state index contributed by atoms with van der Waals surface area (Å²) in [5.74, 6) is -14.5. The van der Waals surface area contributed by atoms with Crippen molar-refractivity contribution in [1.29, 1.82) is 0 Å². The molecule has 28 N–H and O–H groups in total. The van der Waals surface area contributed by atoms with Gasteiger partial charge in [-0.15, -0.1) is 0 Å². The summed E-state index contributed by atoms with van der Waals surface area (Å²) in [4.78, 5) is 188. The van der Waals surface area contributed by atoms with Crippen LogP contribution in [0.3, 0.4) is 0 Å². The topological polar surface area (TPSA) is 603 Å². The number of aliphatic imine (C=N–C) groups is 3. The van der Waals surface area contributed by atoms with Gasteiger partial charge in [0.2, 0.25) is 70.9 Å². The van der Waals surface area contributed by atoms with Crippen molar-refractivity contribution in [2.24, 2.45) is 78.6 Å². The lowest BCUT2D eigenvalue weighted by Crippen LogP contribution is -2.62. The van der Waals surface area contributed by atoms with Gasteiger partial charge in [0, 0.05) is 55.5 Å². The molecule has 2 heterocycles. The zero-order valence-electron chi connectivity index (χ0n) is 58.6. The van der Waals surface area contributed by atoms with Crippen molar-refractivity contribution in [3.8, 4) is 5.75 Å². The van der Waals surface area contributed by atoms with Crippen molar-refractivity contribution in [2.45, 2.75) is 172 Å². The van der Waals surface area contributed by atoms with Gasteiger partial charge in [-0.3, -0.25) is 72.5 Å². The molecule has 35 nitrogen and oxygen atoms in total. The Labute approximate surface area is 614 Å². The number of nitrogens with two attached hydrogens (primary N) is 8. The van der Waals surface area contributed by atoms with E-state index < -0.39 is 161 Å². The van der Waals surface area contributed by atoms with Crippen LogP contribution in [-0.2, 0) is 70.4 Å². The predicted octanol–water partition coefficient (Wildman–Crippen LogP) is -4.37. The van der Waals surface area contributed by atoms with E-state index >= 15 is 19.2 Å². The minimum Gasteiger partial charge on any atom is -0.508 e. The summed E-state index contributed by atoms with van der Waals surface area (Å²) in [5.41, 5.74) is 46.8. The number of nitrogens with zero attached hydrogens (tertiary/aromatic N) is 3. The van der Waals surface area contributed by atoms with E-state index in [2.05, 4.69) is 73.5 Å². The summed E-state index contributed by atoms with van der Waals surface area (Å²) < 4.78 is 0. The van der Waals surface area contributed by atoms with E-state index in [4.69, 9.17) is 45.9 Å². The van der Waals surface area contributed by atoms with Crippen molar-refractivity contribution in [3.05, 3.63) is 65.7 Å². The van der Waals surface area contributed by atoms with Gasteiger partial charge in [-0.2, -0.15) is 0 Å². The number of rotatable bonds is 25. The molecular weight excluding hydrogens is 1410 g/mol. The number of benzene rings is 2. The minimum absolute atomic E-state index is 0.0268. The second-order valence-electron chi connectivity index (χ2n) is 25.7. The molecule has 0 spiro atoms. The molecule has 0 unspecified atom stereocenters. The Kier molecular flexibility index (Phi) is 37.4. The predicted molar refractivity (Wildman–Crippen MR) is 399 cm³/mol. The Balaban J connectivity index is 2.06. The summed E-state index contributed by atoms with van der Waals surface area (Å²) in [7, 11) is 3.73. The van der Waals surface area contributed by atoms with Gasteiger partial charge in [-0.25, -0.2) is 0 Å². The third kappa shape index (κ3) is 31.7. The number of nitrogens with one attached hydrogen (secondary N) is 11. The van der Waals surface area contributed by atoms with E-state index in [0.717, 1.165) is 43.2 Å². The van der Waals surface area contributed by atoms with Crippen molar-refractivity contribution in [1.82, 2.24) is 58.5 Å². The Hall–Kier alpha value is -8.95. The summed E-state index contributed by atoms with van der Waals surface area (Å²) in [5, 5.41) is 40.1. The van der Waals surface area contributed by atoms with Crippen LogP contribution in [0, 0.1) is 17.8 Å². The first-order valence-electron chi connectivity index (χ1n) is 33.6. The fourth-order valence-corrected chi connectivity index (χ4v) is 15.0. The summed E-state index contributed by atoms with van der Waals surface area (Å²) in [6, 6.07) is -3.56. The second-order valence-corrected chi connectivity index (χ2v) is 30.8. The highest BCUT2D eigenvalue weighted by atomic mass is 33.1. The maximum absolute atomic E-state index is 15.2. The molecule has 2 aliphatic rings. The molecule has 0 saturated carbocycles. The second kappa shape index (κ2) is 44.5. The van der Waals surface area contributed by atoms with Crippen LogP contribution in [-0.4, -0.2) is 209 Å². The molecule has 2 aromatic carbocycles. The highest BCUT2D eigenvalue weighted by molar-refractivity contribution is 8.77. The number of carbonyl (C=O) groups excluding carboxylic acids is 12. The average molecular weight is 1520 g/mol. The van der Waals surface area contributed by atoms with E-state index in [9.17, 15) is 43.5 Å². The smallest absolute Gasteiger partial charge is 0.244 e. The molecule has 570 valence electrons. The number of hydrogen-bond donors (Lipinski definition) is 20.